The fourth-order valence-corrected chi connectivity index (χ4v) is 2.51. The van der Waals surface area contributed by atoms with Gasteiger partial charge in [-0.1, -0.05) is 28.9 Å². The molecule has 0 spiro atoms. The van der Waals surface area contributed by atoms with Crippen LogP contribution in [-0.2, 0) is 27.7 Å². The highest BCUT2D eigenvalue weighted by molar-refractivity contribution is 9.08. The maximum atomic E-state index is 11.3. The molecule has 0 saturated heterocycles. The molecule has 4 heteroatoms. The van der Waals surface area contributed by atoms with Crippen molar-refractivity contribution >= 4 is 21.9 Å². The Morgan fingerprint density at radius 3 is 2.65 bits per heavy atom. The quantitative estimate of drug-likeness (QED) is 0.634. The van der Waals surface area contributed by atoms with Crippen molar-refractivity contribution in [2.75, 3.05) is 7.11 Å². The Kier molecular flexibility index (Phi) is 5.17. The summed E-state index contributed by atoms with van der Waals surface area (Å²) in [6.07, 6.45) is 1.02. The van der Waals surface area contributed by atoms with Crippen LogP contribution in [0.1, 0.15) is 29.2 Å². The van der Waals surface area contributed by atoms with Crippen LogP contribution in [-0.4, -0.2) is 13.1 Å². The minimum atomic E-state index is -0.265. The number of esters is 1. The number of ether oxygens (including phenoxy) is 1. The molecule has 0 fully saturated rings. The van der Waals surface area contributed by atoms with E-state index in [1.807, 2.05) is 13.0 Å². The molecular weight excluding hydrogens is 282 g/mol. The highest BCUT2D eigenvalue weighted by Gasteiger charge is 2.13. The third-order valence-electron chi connectivity index (χ3n) is 2.70. The molecule has 1 aromatic rings. The first-order valence-electron chi connectivity index (χ1n) is 5.34. The number of nitriles is 1. The van der Waals surface area contributed by atoms with Gasteiger partial charge in [-0.15, -0.1) is 0 Å². The fourth-order valence-electron chi connectivity index (χ4n) is 1.81. The molecule has 0 amide bonds. The minimum Gasteiger partial charge on any atom is -0.469 e. The van der Waals surface area contributed by atoms with Crippen molar-refractivity contribution in [3.05, 3.63) is 34.4 Å². The second-order valence-electron chi connectivity index (χ2n) is 3.58. The number of carbonyl (C=O) groups excluding carboxylic acids is 1. The van der Waals surface area contributed by atoms with E-state index < -0.39 is 0 Å². The predicted octanol–water partition coefficient (Wildman–Crippen LogP) is 2.73. The first-order valence-corrected chi connectivity index (χ1v) is 6.46. The van der Waals surface area contributed by atoms with Crippen LogP contribution in [0.3, 0.4) is 0 Å². The molecule has 1 aromatic carbocycles. The molecule has 3 nitrogen and oxygen atoms in total. The van der Waals surface area contributed by atoms with Gasteiger partial charge in [0, 0.05) is 5.33 Å². The lowest BCUT2D eigenvalue weighted by molar-refractivity contribution is -0.139. The Bertz CT molecular complexity index is 463. The number of alkyl halides is 1. The van der Waals surface area contributed by atoms with Gasteiger partial charge in [0.05, 0.1) is 25.2 Å². The average Bonchev–Trinajstić information content (AvgIpc) is 2.37. The number of methoxy groups -OCH3 is 1. The van der Waals surface area contributed by atoms with Crippen LogP contribution in [0.5, 0.6) is 0 Å². The fraction of sp³-hybridized carbons (Fsp3) is 0.385. The van der Waals surface area contributed by atoms with Crippen molar-refractivity contribution in [3.8, 4) is 6.07 Å². The second-order valence-corrected chi connectivity index (χ2v) is 4.14. The molecule has 17 heavy (non-hydrogen) atoms. The Balaban J connectivity index is 3.24. The molecule has 0 aliphatic carbocycles. The van der Waals surface area contributed by atoms with Crippen LogP contribution in [0.2, 0.25) is 0 Å². The SMILES string of the molecule is CCc1c(C#N)ccc(CC(=O)OC)c1CBr. The summed E-state index contributed by atoms with van der Waals surface area (Å²) in [7, 11) is 1.38. The highest BCUT2D eigenvalue weighted by atomic mass is 79.9. The molecule has 0 aliphatic rings. The summed E-state index contributed by atoms with van der Waals surface area (Å²) in [5.41, 5.74) is 3.63. The van der Waals surface area contributed by atoms with Crippen LogP contribution >= 0.6 is 15.9 Å². The maximum Gasteiger partial charge on any atom is 0.309 e. The number of benzene rings is 1. The summed E-state index contributed by atoms with van der Waals surface area (Å²) >= 11 is 3.41. The number of hydrogen-bond acceptors (Lipinski definition) is 3. The third kappa shape index (κ3) is 3.07. The largest absolute Gasteiger partial charge is 0.469 e. The van der Waals surface area contributed by atoms with Crippen LogP contribution < -0.4 is 0 Å². The lowest BCUT2D eigenvalue weighted by atomic mass is 9.94. The van der Waals surface area contributed by atoms with Crippen LogP contribution in [0.15, 0.2) is 12.1 Å². The summed E-state index contributed by atoms with van der Waals surface area (Å²) in [5, 5.41) is 9.67. The average molecular weight is 296 g/mol. The van der Waals surface area contributed by atoms with Crippen LogP contribution in [0.25, 0.3) is 0 Å². The number of halogens is 1. The van der Waals surface area contributed by atoms with Crippen molar-refractivity contribution in [2.24, 2.45) is 0 Å². The van der Waals surface area contributed by atoms with Gasteiger partial charge >= 0.3 is 5.97 Å². The minimum absolute atomic E-state index is 0.246. The first kappa shape index (κ1) is 13.7. The second kappa shape index (κ2) is 6.41. The van der Waals surface area contributed by atoms with E-state index in [9.17, 15) is 4.79 Å². The normalized spacial score (nSPS) is 9.76. The van der Waals surface area contributed by atoms with E-state index in [-0.39, 0.29) is 12.4 Å². The molecule has 0 radical (unpaired) electrons. The van der Waals surface area contributed by atoms with Gasteiger partial charge in [-0.05, 0) is 29.2 Å². The van der Waals surface area contributed by atoms with Gasteiger partial charge < -0.3 is 4.74 Å². The number of hydrogen-bond donors (Lipinski definition) is 0. The zero-order valence-electron chi connectivity index (χ0n) is 9.92. The Morgan fingerprint density at radius 2 is 2.18 bits per heavy atom. The van der Waals surface area contributed by atoms with Gasteiger partial charge in [0.2, 0.25) is 0 Å². The zero-order chi connectivity index (χ0) is 12.8. The lowest BCUT2D eigenvalue weighted by Crippen LogP contribution is -2.08. The smallest absolute Gasteiger partial charge is 0.309 e. The van der Waals surface area contributed by atoms with E-state index in [1.54, 1.807) is 6.07 Å². The van der Waals surface area contributed by atoms with Crippen molar-refractivity contribution in [1.82, 2.24) is 0 Å². The molecule has 90 valence electrons. The summed E-state index contributed by atoms with van der Waals surface area (Å²) < 4.78 is 4.66. The molecule has 0 N–H and O–H groups in total. The molecular formula is C13H14BrNO2. The number of rotatable bonds is 4. The van der Waals surface area contributed by atoms with Crippen LogP contribution in [0.4, 0.5) is 0 Å². The van der Waals surface area contributed by atoms with E-state index in [1.165, 1.54) is 7.11 Å². The summed E-state index contributed by atoms with van der Waals surface area (Å²) in [6, 6.07) is 5.77. The molecule has 0 aromatic heterocycles. The van der Waals surface area contributed by atoms with Crippen molar-refractivity contribution < 1.29 is 9.53 Å². The van der Waals surface area contributed by atoms with E-state index in [0.29, 0.717) is 10.9 Å². The van der Waals surface area contributed by atoms with E-state index in [4.69, 9.17) is 5.26 Å². The van der Waals surface area contributed by atoms with E-state index in [0.717, 1.165) is 23.1 Å². The molecule has 0 bridgehead atoms. The summed E-state index contributed by atoms with van der Waals surface area (Å²) in [4.78, 5) is 11.3. The summed E-state index contributed by atoms with van der Waals surface area (Å²) in [5.74, 6) is -0.265. The topological polar surface area (TPSA) is 50.1 Å². The Morgan fingerprint density at radius 1 is 1.47 bits per heavy atom. The van der Waals surface area contributed by atoms with Gasteiger partial charge in [0.25, 0.3) is 0 Å². The molecule has 0 heterocycles. The van der Waals surface area contributed by atoms with Gasteiger partial charge in [0.15, 0.2) is 0 Å². The van der Waals surface area contributed by atoms with Gasteiger partial charge in [-0.25, -0.2) is 0 Å². The van der Waals surface area contributed by atoms with Gasteiger partial charge in [-0.3, -0.25) is 4.79 Å². The van der Waals surface area contributed by atoms with Crippen LogP contribution in [0, 0.1) is 11.3 Å². The van der Waals surface area contributed by atoms with Gasteiger partial charge in [-0.2, -0.15) is 5.26 Å². The summed E-state index contributed by atoms with van der Waals surface area (Å²) in [6.45, 7) is 2.00. The highest BCUT2D eigenvalue weighted by Crippen LogP contribution is 2.23. The van der Waals surface area contributed by atoms with E-state index in [2.05, 4.69) is 26.7 Å². The maximum absolute atomic E-state index is 11.3. The van der Waals surface area contributed by atoms with Crippen molar-refractivity contribution in [3.63, 3.8) is 0 Å². The monoisotopic (exact) mass is 295 g/mol. The molecule has 0 atom stereocenters. The van der Waals surface area contributed by atoms with Crippen molar-refractivity contribution in [1.29, 1.82) is 5.26 Å². The molecule has 0 unspecified atom stereocenters. The number of carbonyl (C=O) groups is 1. The molecule has 1 rings (SSSR count). The Hall–Kier alpha value is -1.34. The molecule has 0 aliphatic heterocycles. The third-order valence-corrected chi connectivity index (χ3v) is 3.26. The number of nitrogens with zero attached hydrogens (tertiary/aromatic N) is 1. The standard InChI is InChI=1S/C13H14BrNO2/c1-3-11-10(8-15)5-4-9(12(11)7-14)6-13(16)17-2/h4-5H,3,6-7H2,1-2H3. The lowest BCUT2D eigenvalue weighted by Gasteiger charge is -2.12. The van der Waals surface area contributed by atoms with E-state index >= 15 is 0 Å². The predicted molar refractivity (Wildman–Crippen MR) is 68.9 cm³/mol. The molecule has 0 saturated carbocycles. The van der Waals surface area contributed by atoms with Crippen molar-refractivity contribution in [2.45, 2.75) is 25.1 Å². The first-order chi connectivity index (χ1) is 8.17. The van der Waals surface area contributed by atoms with Gasteiger partial charge in [0.1, 0.15) is 0 Å². The Labute approximate surface area is 110 Å². The zero-order valence-corrected chi connectivity index (χ0v) is 11.5.